The number of amides is 2. The molecule has 1 aliphatic heterocycles. The molecule has 2 amide bonds. The lowest BCUT2D eigenvalue weighted by molar-refractivity contribution is -0.143. The van der Waals surface area contributed by atoms with Crippen LogP contribution in [0.25, 0.3) is 0 Å². The molecule has 5 nitrogen and oxygen atoms in total. The lowest BCUT2D eigenvalue weighted by Crippen LogP contribution is -2.51. The van der Waals surface area contributed by atoms with Crippen LogP contribution in [-0.2, 0) is 4.79 Å². The fourth-order valence-electron chi connectivity index (χ4n) is 2.73. The smallest absolute Gasteiger partial charge is 0.317 e. The summed E-state index contributed by atoms with van der Waals surface area (Å²) in [6.45, 7) is 10.0. The highest BCUT2D eigenvalue weighted by Crippen LogP contribution is 2.28. The maximum atomic E-state index is 12.3. The fourth-order valence-corrected chi connectivity index (χ4v) is 3.69. The van der Waals surface area contributed by atoms with Gasteiger partial charge in [0.1, 0.15) is 0 Å². The maximum absolute atomic E-state index is 12.3. The standard InChI is InChI=1S/C15H28N2O3S/c1-10-6-11(13(18)19)9-17(8-10)14(20)16-7-12(21-5)15(2,3)4/h10-12H,6-9H2,1-5H3,(H,16,20)(H,18,19). The van der Waals surface area contributed by atoms with Gasteiger partial charge in [0.2, 0.25) is 0 Å². The minimum Gasteiger partial charge on any atom is -0.481 e. The van der Waals surface area contributed by atoms with Crippen molar-refractivity contribution in [1.29, 1.82) is 0 Å². The largest absolute Gasteiger partial charge is 0.481 e. The SMILES string of the molecule is CSC(CNC(=O)N1CC(C)CC(C(=O)O)C1)C(C)(C)C. The zero-order valence-corrected chi connectivity index (χ0v) is 14.5. The average molecular weight is 316 g/mol. The summed E-state index contributed by atoms with van der Waals surface area (Å²) in [7, 11) is 0. The minimum atomic E-state index is -0.809. The summed E-state index contributed by atoms with van der Waals surface area (Å²) in [6.07, 6.45) is 2.69. The fraction of sp³-hybridized carbons (Fsp3) is 0.867. The second-order valence-corrected chi connectivity index (χ2v) is 8.10. The van der Waals surface area contributed by atoms with Crippen LogP contribution in [0.4, 0.5) is 4.79 Å². The summed E-state index contributed by atoms with van der Waals surface area (Å²) < 4.78 is 0. The number of carboxylic acids is 1. The van der Waals surface area contributed by atoms with E-state index in [1.165, 1.54) is 0 Å². The van der Waals surface area contributed by atoms with E-state index in [-0.39, 0.29) is 17.4 Å². The Balaban J connectivity index is 2.56. The van der Waals surface area contributed by atoms with E-state index >= 15 is 0 Å². The summed E-state index contributed by atoms with van der Waals surface area (Å²) >= 11 is 1.74. The highest BCUT2D eigenvalue weighted by atomic mass is 32.2. The van der Waals surface area contributed by atoms with Crippen LogP contribution in [0.1, 0.15) is 34.1 Å². The van der Waals surface area contributed by atoms with E-state index in [1.54, 1.807) is 16.7 Å². The molecular weight excluding hydrogens is 288 g/mol. The molecule has 0 bridgehead atoms. The van der Waals surface area contributed by atoms with Crippen molar-refractivity contribution < 1.29 is 14.7 Å². The van der Waals surface area contributed by atoms with Crippen LogP contribution in [-0.4, -0.2) is 53.1 Å². The first-order valence-corrected chi connectivity index (χ1v) is 8.72. The Morgan fingerprint density at radius 3 is 2.48 bits per heavy atom. The van der Waals surface area contributed by atoms with E-state index in [0.717, 1.165) is 0 Å². The predicted octanol–water partition coefficient (Wildman–Crippen LogP) is 2.52. The van der Waals surface area contributed by atoms with E-state index in [2.05, 4.69) is 26.1 Å². The molecule has 1 heterocycles. The number of urea groups is 1. The monoisotopic (exact) mass is 316 g/mol. The molecule has 1 aliphatic rings. The van der Waals surface area contributed by atoms with Crippen molar-refractivity contribution in [3.63, 3.8) is 0 Å². The predicted molar refractivity (Wildman–Crippen MR) is 86.6 cm³/mol. The quantitative estimate of drug-likeness (QED) is 0.836. The van der Waals surface area contributed by atoms with Crippen LogP contribution >= 0.6 is 11.8 Å². The molecule has 0 aromatic heterocycles. The molecule has 2 N–H and O–H groups in total. The van der Waals surface area contributed by atoms with Gasteiger partial charge in [-0.3, -0.25) is 4.79 Å². The molecule has 0 aliphatic carbocycles. The zero-order valence-electron chi connectivity index (χ0n) is 13.7. The van der Waals surface area contributed by atoms with Gasteiger partial charge in [0.05, 0.1) is 5.92 Å². The zero-order chi connectivity index (χ0) is 16.2. The van der Waals surface area contributed by atoms with E-state index in [4.69, 9.17) is 5.11 Å². The van der Waals surface area contributed by atoms with Gasteiger partial charge in [-0.1, -0.05) is 27.7 Å². The number of carbonyl (C=O) groups is 2. The number of rotatable bonds is 4. The summed E-state index contributed by atoms with van der Waals surface area (Å²) in [5.74, 6) is -1.03. The highest BCUT2D eigenvalue weighted by molar-refractivity contribution is 7.99. The number of hydrogen-bond donors (Lipinski definition) is 2. The average Bonchev–Trinajstić information content (AvgIpc) is 2.36. The van der Waals surface area contributed by atoms with Crippen molar-refractivity contribution in [3.05, 3.63) is 0 Å². The van der Waals surface area contributed by atoms with Crippen molar-refractivity contribution in [2.75, 3.05) is 25.9 Å². The van der Waals surface area contributed by atoms with Crippen LogP contribution in [0, 0.1) is 17.3 Å². The summed E-state index contributed by atoms with van der Waals surface area (Å²) in [4.78, 5) is 25.1. The van der Waals surface area contributed by atoms with Crippen molar-refractivity contribution in [3.8, 4) is 0 Å². The highest BCUT2D eigenvalue weighted by Gasteiger charge is 2.32. The molecular formula is C15H28N2O3S. The first kappa shape index (κ1) is 18.1. The van der Waals surface area contributed by atoms with Crippen LogP contribution in [0.2, 0.25) is 0 Å². The molecule has 0 aromatic rings. The Bertz CT molecular complexity index is 382. The van der Waals surface area contributed by atoms with Crippen LogP contribution in [0.3, 0.4) is 0 Å². The van der Waals surface area contributed by atoms with Crippen molar-refractivity contribution in [1.82, 2.24) is 10.2 Å². The molecule has 0 saturated carbocycles. The van der Waals surface area contributed by atoms with Gasteiger partial charge in [0.25, 0.3) is 0 Å². The Morgan fingerprint density at radius 1 is 1.38 bits per heavy atom. The van der Waals surface area contributed by atoms with E-state index < -0.39 is 11.9 Å². The topological polar surface area (TPSA) is 69.6 Å². The summed E-state index contributed by atoms with van der Waals surface area (Å²) in [5.41, 5.74) is 0.117. The van der Waals surface area contributed by atoms with E-state index in [9.17, 15) is 9.59 Å². The first-order valence-electron chi connectivity index (χ1n) is 7.43. The molecule has 0 radical (unpaired) electrons. The number of aliphatic carboxylic acids is 1. The third kappa shape index (κ3) is 5.41. The Labute approximate surface area is 131 Å². The lowest BCUT2D eigenvalue weighted by Gasteiger charge is -2.36. The van der Waals surface area contributed by atoms with Gasteiger partial charge >= 0.3 is 12.0 Å². The number of carbonyl (C=O) groups excluding carboxylic acids is 1. The number of carboxylic acid groups (broad SMARTS) is 1. The van der Waals surface area contributed by atoms with Gasteiger partial charge in [0, 0.05) is 24.9 Å². The van der Waals surface area contributed by atoms with Gasteiger partial charge in [-0.15, -0.1) is 0 Å². The van der Waals surface area contributed by atoms with Gasteiger partial charge < -0.3 is 15.3 Å². The van der Waals surface area contributed by atoms with E-state index in [0.29, 0.717) is 31.3 Å². The van der Waals surface area contributed by atoms with Gasteiger partial charge in [0.15, 0.2) is 0 Å². The molecule has 0 aromatic carbocycles. The molecule has 3 unspecified atom stereocenters. The number of hydrogen-bond acceptors (Lipinski definition) is 3. The molecule has 122 valence electrons. The molecule has 21 heavy (non-hydrogen) atoms. The van der Waals surface area contributed by atoms with Crippen molar-refractivity contribution in [2.45, 2.75) is 39.4 Å². The molecule has 1 fully saturated rings. The molecule has 1 rings (SSSR count). The third-order valence-corrected chi connectivity index (χ3v) is 5.43. The Hall–Kier alpha value is -0.910. The third-order valence-electron chi connectivity index (χ3n) is 3.99. The Morgan fingerprint density at radius 2 is 2.00 bits per heavy atom. The molecule has 3 atom stereocenters. The van der Waals surface area contributed by atoms with Crippen LogP contribution < -0.4 is 5.32 Å². The Kier molecular flexibility index (Phi) is 6.38. The molecule has 6 heteroatoms. The van der Waals surface area contributed by atoms with Gasteiger partial charge in [-0.05, 0) is 24.0 Å². The number of likely N-dealkylation sites (tertiary alicyclic amines) is 1. The summed E-state index contributed by atoms with van der Waals surface area (Å²) in [6, 6.07) is -0.143. The lowest BCUT2D eigenvalue weighted by atomic mass is 9.90. The number of nitrogens with zero attached hydrogens (tertiary/aromatic N) is 1. The van der Waals surface area contributed by atoms with Crippen molar-refractivity contribution >= 4 is 23.8 Å². The molecule has 0 spiro atoms. The minimum absolute atomic E-state index is 0.117. The molecule has 1 saturated heterocycles. The first-order chi connectivity index (χ1) is 9.65. The van der Waals surface area contributed by atoms with Crippen LogP contribution in [0.5, 0.6) is 0 Å². The van der Waals surface area contributed by atoms with E-state index in [1.807, 2.05) is 13.2 Å². The number of thioether (sulfide) groups is 1. The maximum Gasteiger partial charge on any atom is 0.317 e. The number of nitrogens with one attached hydrogen (secondary N) is 1. The van der Waals surface area contributed by atoms with Crippen molar-refractivity contribution in [2.24, 2.45) is 17.3 Å². The van der Waals surface area contributed by atoms with Gasteiger partial charge in [-0.25, -0.2) is 4.79 Å². The normalized spacial score (nSPS) is 24.5. The number of piperidine rings is 1. The van der Waals surface area contributed by atoms with Gasteiger partial charge in [-0.2, -0.15) is 11.8 Å². The van der Waals surface area contributed by atoms with Crippen LogP contribution in [0.15, 0.2) is 0 Å². The second kappa shape index (κ2) is 7.38. The summed E-state index contributed by atoms with van der Waals surface area (Å²) in [5, 5.41) is 12.5. The second-order valence-electron chi connectivity index (χ2n) is 7.06.